The molecule has 1 fully saturated rings. The van der Waals surface area contributed by atoms with Crippen LogP contribution in [0.2, 0.25) is 0 Å². The molecule has 0 radical (unpaired) electrons. The fourth-order valence-electron chi connectivity index (χ4n) is 3.61. The van der Waals surface area contributed by atoms with Crippen molar-refractivity contribution in [2.75, 3.05) is 26.9 Å². The third kappa shape index (κ3) is 4.17. The Labute approximate surface area is 165 Å². The SMILES string of the molecule is CCN(C(=O)c1ccc(-c2cc(C(N)=O)ccc2OC)cc1)C1CCOCC1. The van der Waals surface area contributed by atoms with E-state index < -0.39 is 5.91 Å². The van der Waals surface area contributed by atoms with Gasteiger partial charge in [-0.15, -0.1) is 0 Å². The van der Waals surface area contributed by atoms with Crippen molar-refractivity contribution in [2.24, 2.45) is 5.73 Å². The number of ether oxygens (including phenoxy) is 2. The van der Waals surface area contributed by atoms with E-state index in [9.17, 15) is 9.59 Å². The number of nitrogens with zero attached hydrogens (tertiary/aromatic N) is 1. The molecule has 0 bridgehead atoms. The van der Waals surface area contributed by atoms with Crippen molar-refractivity contribution in [3.8, 4) is 16.9 Å². The third-order valence-electron chi connectivity index (χ3n) is 5.16. The first-order valence-corrected chi connectivity index (χ1v) is 9.52. The van der Waals surface area contributed by atoms with Crippen molar-refractivity contribution in [3.05, 3.63) is 53.6 Å². The lowest BCUT2D eigenvalue weighted by atomic mass is 9.99. The average molecular weight is 382 g/mol. The topological polar surface area (TPSA) is 81.9 Å². The van der Waals surface area contributed by atoms with Gasteiger partial charge in [0, 0.05) is 42.5 Å². The zero-order valence-electron chi connectivity index (χ0n) is 16.3. The third-order valence-corrected chi connectivity index (χ3v) is 5.16. The van der Waals surface area contributed by atoms with Gasteiger partial charge in [-0.2, -0.15) is 0 Å². The summed E-state index contributed by atoms with van der Waals surface area (Å²) in [6, 6.07) is 12.7. The van der Waals surface area contributed by atoms with Crippen LogP contribution in [0.3, 0.4) is 0 Å². The van der Waals surface area contributed by atoms with E-state index >= 15 is 0 Å². The first kappa shape index (κ1) is 19.9. The maximum atomic E-state index is 13.0. The van der Waals surface area contributed by atoms with E-state index in [2.05, 4.69) is 0 Å². The molecule has 1 saturated heterocycles. The smallest absolute Gasteiger partial charge is 0.254 e. The number of hydrogen-bond donors (Lipinski definition) is 1. The number of methoxy groups -OCH3 is 1. The quantitative estimate of drug-likeness (QED) is 0.832. The fourth-order valence-corrected chi connectivity index (χ4v) is 3.61. The molecule has 0 spiro atoms. The summed E-state index contributed by atoms with van der Waals surface area (Å²) in [6.45, 7) is 4.06. The predicted molar refractivity (Wildman–Crippen MR) is 107 cm³/mol. The highest BCUT2D eigenvalue weighted by molar-refractivity contribution is 5.96. The molecular weight excluding hydrogens is 356 g/mol. The lowest BCUT2D eigenvalue weighted by molar-refractivity contribution is 0.0305. The number of carbonyl (C=O) groups is 2. The molecule has 3 rings (SSSR count). The van der Waals surface area contributed by atoms with Crippen molar-refractivity contribution < 1.29 is 19.1 Å². The van der Waals surface area contributed by atoms with E-state index in [0.717, 1.165) is 24.0 Å². The van der Waals surface area contributed by atoms with Crippen LogP contribution >= 0.6 is 0 Å². The number of rotatable bonds is 6. The molecule has 1 aliphatic rings. The Bertz CT molecular complexity index is 842. The summed E-state index contributed by atoms with van der Waals surface area (Å²) in [6.07, 6.45) is 1.74. The molecule has 0 aromatic heterocycles. The largest absolute Gasteiger partial charge is 0.496 e. The average Bonchev–Trinajstić information content (AvgIpc) is 2.74. The van der Waals surface area contributed by atoms with Gasteiger partial charge in [-0.25, -0.2) is 0 Å². The summed E-state index contributed by atoms with van der Waals surface area (Å²) < 4.78 is 10.8. The maximum Gasteiger partial charge on any atom is 0.254 e. The second-order valence-corrected chi connectivity index (χ2v) is 6.79. The molecule has 0 unspecified atom stereocenters. The van der Waals surface area contributed by atoms with E-state index in [1.165, 1.54) is 0 Å². The lowest BCUT2D eigenvalue weighted by Gasteiger charge is -2.33. The van der Waals surface area contributed by atoms with Crippen LogP contribution in [0, 0.1) is 0 Å². The fraction of sp³-hybridized carbons (Fsp3) is 0.364. The van der Waals surface area contributed by atoms with Gasteiger partial charge in [0.15, 0.2) is 0 Å². The summed E-state index contributed by atoms with van der Waals surface area (Å²) in [5.74, 6) is 0.172. The van der Waals surface area contributed by atoms with Crippen LogP contribution in [0.25, 0.3) is 11.1 Å². The van der Waals surface area contributed by atoms with Crippen LogP contribution in [0.4, 0.5) is 0 Å². The van der Waals surface area contributed by atoms with E-state index in [1.54, 1.807) is 25.3 Å². The molecular formula is C22H26N2O4. The molecule has 2 aromatic rings. The molecule has 148 valence electrons. The van der Waals surface area contributed by atoms with Crippen LogP contribution in [0.5, 0.6) is 5.75 Å². The molecule has 1 aliphatic heterocycles. The highest BCUT2D eigenvalue weighted by Gasteiger charge is 2.25. The summed E-state index contributed by atoms with van der Waals surface area (Å²) in [4.78, 5) is 26.4. The first-order valence-electron chi connectivity index (χ1n) is 9.52. The monoisotopic (exact) mass is 382 g/mol. The van der Waals surface area contributed by atoms with Crippen molar-refractivity contribution >= 4 is 11.8 Å². The van der Waals surface area contributed by atoms with Gasteiger partial charge in [-0.3, -0.25) is 9.59 Å². The number of benzene rings is 2. The Kier molecular flexibility index (Phi) is 6.31. The Morgan fingerprint density at radius 1 is 1.11 bits per heavy atom. The maximum absolute atomic E-state index is 13.0. The second-order valence-electron chi connectivity index (χ2n) is 6.79. The summed E-state index contributed by atoms with van der Waals surface area (Å²) in [5.41, 5.74) is 8.06. The van der Waals surface area contributed by atoms with Gasteiger partial charge in [-0.05, 0) is 55.7 Å². The molecule has 2 N–H and O–H groups in total. The molecule has 1 heterocycles. The summed E-state index contributed by atoms with van der Waals surface area (Å²) >= 11 is 0. The van der Waals surface area contributed by atoms with Gasteiger partial charge < -0.3 is 20.1 Å². The Balaban J connectivity index is 1.86. The van der Waals surface area contributed by atoms with Crippen LogP contribution < -0.4 is 10.5 Å². The van der Waals surface area contributed by atoms with E-state index in [1.807, 2.05) is 36.1 Å². The van der Waals surface area contributed by atoms with Crippen molar-refractivity contribution in [1.82, 2.24) is 4.90 Å². The zero-order chi connectivity index (χ0) is 20.1. The highest BCUT2D eigenvalue weighted by atomic mass is 16.5. The van der Waals surface area contributed by atoms with E-state index in [4.69, 9.17) is 15.2 Å². The van der Waals surface area contributed by atoms with Crippen molar-refractivity contribution in [1.29, 1.82) is 0 Å². The number of nitrogens with two attached hydrogens (primary N) is 1. The number of hydrogen-bond acceptors (Lipinski definition) is 4. The normalized spacial score (nSPS) is 14.5. The number of amides is 2. The second kappa shape index (κ2) is 8.89. The van der Waals surface area contributed by atoms with E-state index in [-0.39, 0.29) is 11.9 Å². The number of primary amides is 1. The van der Waals surface area contributed by atoms with E-state index in [0.29, 0.717) is 36.6 Å². The lowest BCUT2D eigenvalue weighted by Crippen LogP contribution is -2.43. The molecule has 6 nitrogen and oxygen atoms in total. The molecule has 2 aromatic carbocycles. The van der Waals surface area contributed by atoms with Gasteiger partial charge in [0.1, 0.15) is 5.75 Å². The highest BCUT2D eigenvalue weighted by Crippen LogP contribution is 2.31. The molecule has 28 heavy (non-hydrogen) atoms. The first-order chi connectivity index (χ1) is 13.5. The van der Waals surface area contributed by atoms with Crippen molar-refractivity contribution in [3.63, 3.8) is 0 Å². The Morgan fingerprint density at radius 3 is 2.32 bits per heavy atom. The Morgan fingerprint density at radius 2 is 1.75 bits per heavy atom. The van der Waals surface area contributed by atoms with Gasteiger partial charge >= 0.3 is 0 Å². The zero-order valence-corrected chi connectivity index (χ0v) is 16.3. The minimum absolute atomic E-state index is 0.0267. The van der Waals surface area contributed by atoms with Crippen LogP contribution in [0.15, 0.2) is 42.5 Å². The summed E-state index contributed by atoms with van der Waals surface area (Å²) in [5, 5.41) is 0. The van der Waals surface area contributed by atoms with Gasteiger partial charge in [0.2, 0.25) is 5.91 Å². The van der Waals surface area contributed by atoms with Gasteiger partial charge in [-0.1, -0.05) is 12.1 Å². The van der Waals surface area contributed by atoms with Crippen LogP contribution in [0.1, 0.15) is 40.5 Å². The van der Waals surface area contributed by atoms with Crippen LogP contribution in [-0.2, 0) is 4.74 Å². The van der Waals surface area contributed by atoms with Gasteiger partial charge in [0.25, 0.3) is 5.91 Å². The summed E-state index contributed by atoms with van der Waals surface area (Å²) in [7, 11) is 1.58. The predicted octanol–water partition coefficient (Wildman–Crippen LogP) is 3.10. The standard InChI is InChI=1S/C22H26N2O4/c1-3-24(18-10-12-28-13-11-18)22(26)16-6-4-15(5-7-16)19-14-17(21(23)25)8-9-20(19)27-2/h4-9,14,18H,3,10-13H2,1-2H3,(H2,23,25). The molecule has 2 amide bonds. The molecule has 0 atom stereocenters. The van der Waals surface area contributed by atoms with Crippen LogP contribution in [-0.4, -0.2) is 49.6 Å². The molecule has 6 heteroatoms. The minimum Gasteiger partial charge on any atom is -0.496 e. The minimum atomic E-state index is -0.495. The Hall–Kier alpha value is -2.86. The van der Waals surface area contributed by atoms with Crippen molar-refractivity contribution in [2.45, 2.75) is 25.8 Å². The van der Waals surface area contributed by atoms with Gasteiger partial charge in [0.05, 0.1) is 7.11 Å². The molecule has 0 saturated carbocycles. The molecule has 0 aliphatic carbocycles. The number of carbonyl (C=O) groups excluding carboxylic acids is 2.